The molecule has 0 aromatic heterocycles. The van der Waals surface area contributed by atoms with Crippen LogP contribution >= 0.6 is 0 Å². The number of rotatable bonds is 4. The van der Waals surface area contributed by atoms with Gasteiger partial charge in [-0.2, -0.15) is 0 Å². The summed E-state index contributed by atoms with van der Waals surface area (Å²) < 4.78 is 0.703. The zero-order chi connectivity index (χ0) is 9.07. The van der Waals surface area contributed by atoms with Gasteiger partial charge in [0.1, 0.15) is 0 Å². The first-order chi connectivity index (χ1) is 4.81. The van der Waals surface area contributed by atoms with Gasteiger partial charge in [-0.25, -0.2) is 0 Å². The van der Waals surface area contributed by atoms with Gasteiger partial charge in [-0.15, -0.1) is 0 Å². The molecule has 11 heavy (non-hydrogen) atoms. The molecule has 0 aromatic rings. The summed E-state index contributed by atoms with van der Waals surface area (Å²) in [6.45, 7) is 0.687. The van der Waals surface area contributed by atoms with Gasteiger partial charge in [0.15, 0.2) is 0 Å². The van der Waals surface area contributed by atoms with Gasteiger partial charge in [-0.05, 0) is 0 Å². The fourth-order valence-electron chi connectivity index (χ4n) is 0.992. The number of carbonyl (C=O) groups is 1. The molecule has 1 unspecified atom stereocenters. The molecule has 0 saturated heterocycles. The standard InChI is InChI=1S/C7H16N2O2/c1-9(2,3)5-6(8)4-7(10)11/h6H,4-5,8H2,1-3H3/p+1. The van der Waals surface area contributed by atoms with E-state index >= 15 is 0 Å². The van der Waals surface area contributed by atoms with Gasteiger partial charge in [0.2, 0.25) is 0 Å². The molecule has 0 fully saturated rings. The number of nitrogens with two attached hydrogens (primary N) is 1. The van der Waals surface area contributed by atoms with Gasteiger partial charge in [-0.1, -0.05) is 0 Å². The highest BCUT2D eigenvalue weighted by Gasteiger charge is 2.16. The van der Waals surface area contributed by atoms with E-state index < -0.39 is 5.97 Å². The van der Waals surface area contributed by atoms with Crippen molar-refractivity contribution in [3.63, 3.8) is 0 Å². The van der Waals surface area contributed by atoms with Crippen molar-refractivity contribution in [1.29, 1.82) is 0 Å². The van der Waals surface area contributed by atoms with Crippen LogP contribution in [0.5, 0.6) is 0 Å². The Morgan fingerprint density at radius 1 is 1.55 bits per heavy atom. The predicted molar refractivity (Wildman–Crippen MR) is 43.1 cm³/mol. The lowest BCUT2D eigenvalue weighted by atomic mass is 10.2. The average Bonchev–Trinajstić information content (AvgIpc) is 1.53. The second-order valence-corrected chi connectivity index (χ2v) is 3.83. The Morgan fingerprint density at radius 3 is 2.27 bits per heavy atom. The first-order valence-electron chi connectivity index (χ1n) is 3.59. The van der Waals surface area contributed by atoms with Crippen LogP contribution < -0.4 is 5.73 Å². The summed E-state index contributed by atoms with van der Waals surface area (Å²) in [4.78, 5) is 10.2. The third kappa shape index (κ3) is 7.29. The summed E-state index contributed by atoms with van der Waals surface area (Å²) in [5, 5.41) is 8.39. The Kier molecular flexibility index (Phi) is 3.48. The van der Waals surface area contributed by atoms with E-state index in [0.29, 0.717) is 11.0 Å². The van der Waals surface area contributed by atoms with Crippen LogP contribution in [0.15, 0.2) is 0 Å². The Hall–Kier alpha value is -0.610. The minimum atomic E-state index is -0.828. The molecule has 66 valence electrons. The molecule has 0 aliphatic rings. The molecule has 0 aromatic carbocycles. The number of quaternary nitrogens is 1. The van der Waals surface area contributed by atoms with Crippen molar-refractivity contribution in [2.45, 2.75) is 12.5 Å². The summed E-state index contributed by atoms with van der Waals surface area (Å²) in [6, 6.07) is -0.243. The maximum absolute atomic E-state index is 10.2. The van der Waals surface area contributed by atoms with Gasteiger partial charge < -0.3 is 15.3 Å². The van der Waals surface area contributed by atoms with E-state index in [-0.39, 0.29) is 12.5 Å². The summed E-state index contributed by atoms with van der Waals surface area (Å²) in [7, 11) is 5.96. The number of likely N-dealkylation sites (N-methyl/N-ethyl adjacent to an activating group) is 1. The fraction of sp³-hybridized carbons (Fsp3) is 0.857. The lowest BCUT2D eigenvalue weighted by Gasteiger charge is -2.26. The SMILES string of the molecule is C[N+](C)(C)CC(N)CC(=O)O. The average molecular weight is 161 g/mol. The molecule has 0 amide bonds. The molecule has 0 spiro atoms. The molecule has 3 N–H and O–H groups in total. The van der Waals surface area contributed by atoms with E-state index in [9.17, 15) is 4.79 Å². The third-order valence-electron chi connectivity index (χ3n) is 1.22. The summed E-state index contributed by atoms with van der Waals surface area (Å²) in [6.07, 6.45) is 0.0511. The van der Waals surface area contributed by atoms with E-state index in [4.69, 9.17) is 10.8 Å². The molecule has 0 bridgehead atoms. The molecule has 0 aliphatic heterocycles. The van der Waals surface area contributed by atoms with Crippen LogP contribution in [0.3, 0.4) is 0 Å². The van der Waals surface area contributed by atoms with Crippen LogP contribution in [0.1, 0.15) is 6.42 Å². The van der Waals surface area contributed by atoms with Crippen LogP contribution in [0, 0.1) is 0 Å². The number of aliphatic carboxylic acids is 1. The van der Waals surface area contributed by atoms with E-state index in [1.165, 1.54) is 0 Å². The molecule has 0 heterocycles. The number of nitrogens with zero attached hydrogens (tertiary/aromatic N) is 1. The van der Waals surface area contributed by atoms with Crippen LogP contribution in [-0.2, 0) is 4.79 Å². The summed E-state index contributed by atoms with van der Waals surface area (Å²) >= 11 is 0. The van der Waals surface area contributed by atoms with E-state index in [1.807, 2.05) is 21.1 Å². The van der Waals surface area contributed by atoms with Gasteiger partial charge >= 0.3 is 5.97 Å². The van der Waals surface area contributed by atoms with Gasteiger partial charge in [0.25, 0.3) is 0 Å². The van der Waals surface area contributed by atoms with E-state index in [2.05, 4.69) is 0 Å². The normalized spacial score (nSPS) is 14.5. The third-order valence-corrected chi connectivity index (χ3v) is 1.22. The Bertz CT molecular complexity index is 140. The zero-order valence-corrected chi connectivity index (χ0v) is 7.37. The highest BCUT2D eigenvalue weighted by molar-refractivity contribution is 5.67. The Morgan fingerprint density at radius 2 is 2.00 bits per heavy atom. The minimum Gasteiger partial charge on any atom is -0.481 e. The minimum absolute atomic E-state index is 0.0511. The van der Waals surface area contributed by atoms with Crippen molar-refractivity contribution in [3.05, 3.63) is 0 Å². The lowest BCUT2D eigenvalue weighted by Crippen LogP contribution is -2.45. The zero-order valence-electron chi connectivity index (χ0n) is 7.37. The predicted octanol–water partition coefficient (Wildman–Crippen LogP) is -0.505. The van der Waals surface area contributed by atoms with Crippen LogP contribution in [0.4, 0.5) is 0 Å². The van der Waals surface area contributed by atoms with Crippen molar-refractivity contribution >= 4 is 5.97 Å². The van der Waals surface area contributed by atoms with Gasteiger partial charge in [0.05, 0.1) is 40.2 Å². The largest absolute Gasteiger partial charge is 0.481 e. The molecule has 0 radical (unpaired) electrons. The maximum Gasteiger partial charge on any atom is 0.305 e. The van der Waals surface area contributed by atoms with Crippen molar-refractivity contribution in [1.82, 2.24) is 0 Å². The van der Waals surface area contributed by atoms with Gasteiger partial charge in [0, 0.05) is 0 Å². The van der Waals surface area contributed by atoms with Crippen molar-refractivity contribution in [2.75, 3.05) is 27.7 Å². The first-order valence-corrected chi connectivity index (χ1v) is 3.59. The van der Waals surface area contributed by atoms with Crippen molar-refractivity contribution < 1.29 is 14.4 Å². The Balaban J connectivity index is 3.69. The topological polar surface area (TPSA) is 63.3 Å². The number of carboxylic acids is 1. The summed E-state index contributed by atoms with van der Waals surface area (Å²) in [5.74, 6) is -0.828. The van der Waals surface area contributed by atoms with E-state index in [1.54, 1.807) is 0 Å². The summed E-state index contributed by atoms with van der Waals surface area (Å²) in [5.41, 5.74) is 5.56. The smallest absolute Gasteiger partial charge is 0.305 e. The van der Waals surface area contributed by atoms with Crippen molar-refractivity contribution in [3.8, 4) is 0 Å². The Labute approximate surface area is 67.2 Å². The number of hydrogen-bond acceptors (Lipinski definition) is 2. The van der Waals surface area contributed by atoms with Gasteiger partial charge in [-0.3, -0.25) is 4.79 Å². The molecule has 0 aliphatic carbocycles. The lowest BCUT2D eigenvalue weighted by molar-refractivity contribution is -0.871. The molecule has 0 saturated carbocycles. The highest BCUT2D eigenvalue weighted by Crippen LogP contribution is 1.96. The van der Waals surface area contributed by atoms with E-state index in [0.717, 1.165) is 0 Å². The molecular weight excluding hydrogens is 144 g/mol. The van der Waals surface area contributed by atoms with Crippen LogP contribution in [0.25, 0.3) is 0 Å². The number of carboxylic acid groups (broad SMARTS) is 1. The number of hydrogen-bond donors (Lipinski definition) is 2. The molecule has 1 atom stereocenters. The maximum atomic E-state index is 10.2. The molecule has 4 heteroatoms. The fourth-order valence-corrected chi connectivity index (χ4v) is 0.992. The first kappa shape index (κ1) is 10.4. The van der Waals surface area contributed by atoms with Crippen LogP contribution in [0.2, 0.25) is 0 Å². The molecule has 0 rings (SSSR count). The van der Waals surface area contributed by atoms with Crippen molar-refractivity contribution in [2.24, 2.45) is 5.73 Å². The quantitative estimate of drug-likeness (QED) is 0.546. The monoisotopic (exact) mass is 161 g/mol. The molecular formula is C7H17N2O2+. The molecule has 4 nitrogen and oxygen atoms in total. The van der Waals surface area contributed by atoms with Crippen LogP contribution in [-0.4, -0.2) is 49.3 Å². The highest BCUT2D eigenvalue weighted by atomic mass is 16.4. The second-order valence-electron chi connectivity index (χ2n) is 3.83. The second kappa shape index (κ2) is 3.69.